The molecule has 3 rings (SSSR count). The molecule has 1 aliphatic rings. The number of alkyl halides is 3. The summed E-state index contributed by atoms with van der Waals surface area (Å²) in [7, 11) is 0. The van der Waals surface area contributed by atoms with Crippen molar-refractivity contribution in [2.75, 3.05) is 0 Å². The Morgan fingerprint density at radius 1 is 1.07 bits per heavy atom. The summed E-state index contributed by atoms with van der Waals surface area (Å²) in [6, 6.07) is 15.4. The summed E-state index contributed by atoms with van der Waals surface area (Å²) in [4.78, 5) is 14.8. The first kappa shape index (κ1) is 19.3. The van der Waals surface area contributed by atoms with Crippen LogP contribution in [0.25, 0.3) is 0 Å². The Kier molecular flexibility index (Phi) is 5.73. The van der Waals surface area contributed by atoms with E-state index in [-0.39, 0.29) is 24.1 Å². The van der Waals surface area contributed by atoms with E-state index in [1.54, 1.807) is 0 Å². The van der Waals surface area contributed by atoms with Crippen molar-refractivity contribution >= 4 is 5.91 Å². The standard InChI is InChI=1S/C21H22F3NO2/c1-15(18-9-10-18)25(14-17-5-3-2-4-6-17)20(26)13-16-7-11-19(12-8-16)27-21(22,23)24/h2-8,11-12,15,18H,9-10,13-14H2,1H3. The summed E-state index contributed by atoms with van der Waals surface area (Å²) >= 11 is 0. The van der Waals surface area contributed by atoms with Crippen molar-refractivity contribution in [1.29, 1.82) is 0 Å². The van der Waals surface area contributed by atoms with Gasteiger partial charge in [0.25, 0.3) is 0 Å². The van der Waals surface area contributed by atoms with Gasteiger partial charge >= 0.3 is 6.36 Å². The van der Waals surface area contributed by atoms with Crippen molar-refractivity contribution in [2.45, 2.75) is 45.1 Å². The van der Waals surface area contributed by atoms with Gasteiger partial charge in [-0.05, 0) is 48.9 Å². The molecule has 0 heterocycles. The van der Waals surface area contributed by atoms with Crippen LogP contribution >= 0.6 is 0 Å². The summed E-state index contributed by atoms with van der Waals surface area (Å²) in [5.74, 6) is 0.217. The van der Waals surface area contributed by atoms with E-state index in [4.69, 9.17) is 0 Å². The Morgan fingerprint density at radius 2 is 1.70 bits per heavy atom. The van der Waals surface area contributed by atoms with Crippen LogP contribution in [0.2, 0.25) is 0 Å². The number of rotatable bonds is 7. The van der Waals surface area contributed by atoms with E-state index < -0.39 is 6.36 Å². The van der Waals surface area contributed by atoms with Gasteiger partial charge in [-0.1, -0.05) is 42.5 Å². The molecule has 3 nitrogen and oxygen atoms in total. The second kappa shape index (κ2) is 8.03. The SMILES string of the molecule is CC(C1CC1)N(Cc1ccccc1)C(=O)Cc1ccc(OC(F)(F)F)cc1. The van der Waals surface area contributed by atoms with Gasteiger partial charge in [-0.25, -0.2) is 0 Å². The molecule has 1 amide bonds. The van der Waals surface area contributed by atoms with Crippen LogP contribution in [0.3, 0.4) is 0 Å². The van der Waals surface area contributed by atoms with E-state index in [9.17, 15) is 18.0 Å². The molecule has 0 saturated heterocycles. The van der Waals surface area contributed by atoms with E-state index in [0.717, 1.165) is 18.4 Å². The number of benzene rings is 2. The fourth-order valence-electron chi connectivity index (χ4n) is 3.16. The summed E-state index contributed by atoms with van der Waals surface area (Å²) in [6.07, 6.45) is -2.31. The van der Waals surface area contributed by atoms with Gasteiger partial charge in [0, 0.05) is 12.6 Å². The number of nitrogens with zero attached hydrogens (tertiary/aromatic N) is 1. The average Bonchev–Trinajstić information content (AvgIpc) is 3.45. The van der Waals surface area contributed by atoms with Gasteiger partial charge < -0.3 is 9.64 Å². The van der Waals surface area contributed by atoms with Crippen molar-refractivity contribution in [3.8, 4) is 5.75 Å². The van der Waals surface area contributed by atoms with Crippen molar-refractivity contribution in [3.05, 3.63) is 65.7 Å². The highest BCUT2D eigenvalue weighted by Gasteiger charge is 2.34. The highest BCUT2D eigenvalue weighted by Crippen LogP contribution is 2.36. The molecule has 27 heavy (non-hydrogen) atoms. The van der Waals surface area contributed by atoms with Gasteiger partial charge in [-0.15, -0.1) is 13.2 Å². The second-order valence-corrected chi connectivity index (χ2v) is 6.95. The summed E-state index contributed by atoms with van der Waals surface area (Å²) in [5.41, 5.74) is 1.72. The van der Waals surface area contributed by atoms with Crippen LogP contribution in [0.15, 0.2) is 54.6 Å². The monoisotopic (exact) mass is 377 g/mol. The van der Waals surface area contributed by atoms with Crippen molar-refractivity contribution in [1.82, 2.24) is 4.90 Å². The maximum Gasteiger partial charge on any atom is 0.573 e. The zero-order chi connectivity index (χ0) is 19.4. The lowest BCUT2D eigenvalue weighted by Crippen LogP contribution is -2.40. The molecule has 6 heteroatoms. The van der Waals surface area contributed by atoms with Crippen LogP contribution in [-0.4, -0.2) is 23.2 Å². The first-order chi connectivity index (χ1) is 12.8. The molecule has 0 aromatic heterocycles. The molecule has 2 aromatic rings. The van der Waals surface area contributed by atoms with Crippen molar-refractivity contribution in [3.63, 3.8) is 0 Å². The first-order valence-electron chi connectivity index (χ1n) is 9.00. The van der Waals surface area contributed by atoms with E-state index in [0.29, 0.717) is 18.0 Å². The number of amides is 1. The van der Waals surface area contributed by atoms with Crippen molar-refractivity contribution < 1.29 is 22.7 Å². The van der Waals surface area contributed by atoms with Crippen molar-refractivity contribution in [2.24, 2.45) is 5.92 Å². The topological polar surface area (TPSA) is 29.5 Å². The minimum atomic E-state index is -4.72. The Balaban J connectivity index is 1.68. The minimum absolute atomic E-state index is 0.0252. The highest BCUT2D eigenvalue weighted by atomic mass is 19.4. The third-order valence-electron chi connectivity index (χ3n) is 4.82. The van der Waals surface area contributed by atoms with Gasteiger partial charge in [0.2, 0.25) is 5.91 Å². The zero-order valence-electron chi connectivity index (χ0n) is 15.1. The molecule has 0 radical (unpaired) electrons. The van der Waals surface area contributed by atoms with Crippen LogP contribution in [-0.2, 0) is 17.8 Å². The number of carbonyl (C=O) groups excluding carboxylic acids is 1. The molecule has 144 valence electrons. The van der Waals surface area contributed by atoms with Crippen LogP contribution in [0.5, 0.6) is 5.75 Å². The molecule has 2 aromatic carbocycles. The lowest BCUT2D eigenvalue weighted by Gasteiger charge is -2.30. The number of halogens is 3. The van der Waals surface area contributed by atoms with Gasteiger partial charge in [-0.2, -0.15) is 0 Å². The van der Waals surface area contributed by atoms with Gasteiger partial charge in [0.1, 0.15) is 5.75 Å². The highest BCUT2D eigenvalue weighted by molar-refractivity contribution is 5.79. The van der Waals surface area contributed by atoms with Crippen LogP contribution in [0.4, 0.5) is 13.2 Å². The molecule has 1 fully saturated rings. The Bertz CT molecular complexity index is 755. The zero-order valence-corrected chi connectivity index (χ0v) is 15.1. The molecule has 0 N–H and O–H groups in total. The normalized spacial score (nSPS) is 15.3. The third kappa shape index (κ3) is 5.74. The summed E-state index contributed by atoms with van der Waals surface area (Å²) in [6.45, 7) is 2.60. The fourth-order valence-corrected chi connectivity index (χ4v) is 3.16. The van der Waals surface area contributed by atoms with Crippen LogP contribution < -0.4 is 4.74 Å². The van der Waals surface area contributed by atoms with E-state index in [1.165, 1.54) is 24.3 Å². The maximum atomic E-state index is 12.9. The molecular formula is C21H22F3NO2. The molecule has 1 saturated carbocycles. The number of hydrogen-bond acceptors (Lipinski definition) is 2. The largest absolute Gasteiger partial charge is 0.573 e. The number of carbonyl (C=O) groups is 1. The third-order valence-corrected chi connectivity index (χ3v) is 4.82. The Morgan fingerprint density at radius 3 is 2.26 bits per heavy atom. The molecule has 1 aliphatic carbocycles. The summed E-state index contributed by atoms with van der Waals surface area (Å²) < 4.78 is 40.6. The van der Waals surface area contributed by atoms with Gasteiger partial charge in [-0.3, -0.25) is 4.79 Å². The van der Waals surface area contributed by atoms with E-state index in [2.05, 4.69) is 11.7 Å². The second-order valence-electron chi connectivity index (χ2n) is 6.95. The van der Waals surface area contributed by atoms with E-state index >= 15 is 0 Å². The number of ether oxygens (including phenoxy) is 1. The average molecular weight is 377 g/mol. The quantitative estimate of drug-likeness (QED) is 0.683. The molecule has 1 unspecified atom stereocenters. The first-order valence-corrected chi connectivity index (χ1v) is 9.00. The summed E-state index contributed by atoms with van der Waals surface area (Å²) in [5, 5.41) is 0. The number of hydrogen-bond donors (Lipinski definition) is 0. The molecule has 1 atom stereocenters. The lowest BCUT2D eigenvalue weighted by atomic mass is 10.1. The fraction of sp³-hybridized carbons (Fsp3) is 0.381. The van der Waals surface area contributed by atoms with Gasteiger partial charge in [0.05, 0.1) is 6.42 Å². The predicted molar refractivity (Wildman–Crippen MR) is 96.0 cm³/mol. The lowest BCUT2D eigenvalue weighted by molar-refractivity contribution is -0.274. The van der Waals surface area contributed by atoms with Crippen LogP contribution in [0, 0.1) is 5.92 Å². The molecule has 0 aliphatic heterocycles. The van der Waals surface area contributed by atoms with Crippen LogP contribution in [0.1, 0.15) is 30.9 Å². The Hall–Kier alpha value is -2.50. The smallest absolute Gasteiger partial charge is 0.406 e. The predicted octanol–water partition coefficient (Wildman–Crippen LogP) is 4.96. The maximum absolute atomic E-state index is 12.9. The van der Waals surface area contributed by atoms with E-state index in [1.807, 2.05) is 35.2 Å². The Labute approximate surface area is 156 Å². The molecule has 0 spiro atoms. The molecular weight excluding hydrogens is 355 g/mol. The minimum Gasteiger partial charge on any atom is -0.406 e. The molecule has 0 bridgehead atoms. The van der Waals surface area contributed by atoms with Gasteiger partial charge in [0.15, 0.2) is 0 Å².